The van der Waals surface area contributed by atoms with Gasteiger partial charge in [0.05, 0.1) is 19.3 Å². The van der Waals surface area contributed by atoms with Crippen molar-refractivity contribution < 1.29 is 19.4 Å². The van der Waals surface area contributed by atoms with Crippen molar-refractivity contribution in [1.82, 2.24) is 9.80 Å². The number of likely N-dealkylation sites (tertiary alicyclic amines) is 1. The number of aliphatic hydroxyl groups is 1. The minimum Gasteiger partial charge on any atom is -0.493 e. The molecule has 4 aliphatic carbocycles. The van der Waals surface area contributed by atoms with Gasteiger partial charge in [0.25, 0.3) is 0 Å². The third-order valence-electron chi connectivity index (χ3n) is 12.7. The van der Waals surface area contributed by atoms with Crippen molar-refractivity contribution in [2.75, 3.05) is 26.7 Å². The number of benzene rings is 1. The van der Waals surface area contributed by atoms with E-state index < -0.39 is 0 Å². The third-order valence-corrected chi connectivity index (χ3v) is 12.7. The first-order chi connectivity index (χ1) is 21.0. The van der Waals surface area contributed by atoms with E-state index in [1.807, 2.05) is 0 Å². The molecule has 1 aromatic rings. The Hall–Kier alpha value is -1.79. The molecule has 6 aliphatic rings. The molecule has 2 unspecified atom stereocenters. The predicted molar refractivity (Wildman–Crippen MR) is 170 cm³/mol. The molecule has 1 saturated heterocycles. The van der Waals surface area contributed by atoms with Crippen molar-refractivity contribution in [3.8, 4) is 11.5 Å². The number of amides is 1. The summed E-state index contributed by atoms with van der Waals surface area (Å²) in [7, 11) is 1.76. The zero-order valence-electron chi connectivity index (χ0n) is 26.9. The Kier molecular flexibility index (Phi) is 8.72. The van der Waals surface area contributed by atoms with Gasteiger partial charge in [-0.2, -0.15) is 0 Å². The van der Waals surface area contributed by atoms with E-state index in [9.17, 15) is 9.90 Å². The van der Waals surface area contributed by atoms with Gasteiger partial charge < -0.3 is 19.5 Å². The van der Waals surface area contributed by atoms with Crippen molar-refractivity contribution in [3.05, 3.63) is 23.3 Å². The average Bonchev–Trinajstić information content (AvgIpc) is 3.61. The fourth-order valence-corrected chi connectivity index (χ4v) is 10.4. The van der Waals surface area contributed by atoms with Gasteiger partial charge in [-0.3, -0.25) is 9.69 Å². The largest absolute Gasteiger partial charge is 0.493 e. The summed E-state index contributed by atoms with van der Waals surface area (Å²) in [6, 6.07) is 5.02. The Balaban J connectivity index is 1.14. The quantitative estimate of drug-likeness (QED) is 0.260. The number of carbonyl (C=O) groups is 1. The standard InChI is InChI=1S/C37H56N2O4/c1-3-4-10-20-39(33(41)14-9-8-13-25-11-6-5-7-12-25)29-17-16-28-30-22-26-15-18-32(42-2)35-34(26)37(28,36(29)43-35)19-21-38(30)24-27-23-31(27)40/h15,18,25,27-31,36,40H,3-14,16-17,19-24H2,1-2H3/t27?,28-,29-,30+,31?,36-,37-/m0/s1. The van der Waals surface area contributed by atoms with E-state index in [0.717, 1.165) is 82.0 Å². The molecule has 3 saturated carbocycles. The molecular weight excluding hydrogens is 536 g/mol. The van der Waals surface area contributed by atoms with E-state index in [4.69, 9.17) is 9.47 Å². The molecule has 238 valence electrons. The highest BCUT2D eigenvalue weighted by Gasteiger charge is 2.67. The topological polar surface area (TPSA) is 62.2 Å². The summed E-state index contributed by atoms with van der Waals surface area (Å²) in [5.41, 5.74) is 2.80. The van der Waals surface area contributed by atoms with Crippen LogP contribution in [0.4, 0.5) is 0 Å². The molecule has 4 fully saturated rings. The summed E-state index contributed by atoms with van der Waals surface area (Å²) in [6.07, 6.45) is 19.8. The lowest BCUT2D eigenvalue weighted by Crippen LogP contribution is -2.69. The lowest BCUT2D eigenvalue weighted by molar-refractivity contribution is -0.143. The Bertz CT molecular complexity index is 1150. The van der Waals surface area contributed by atoms with Crippen LogP contribution in [0.5, 0.6) is 11.5 Å². The van der Waals surface area contributed by atoms with Crippen LogP contribution < -0.4 is 9.47 Å². The highest BCUT2D eigenvalue weighted by Crippen LogP contribution is 2.64. The molecule has 2 aliphatic heterocycles. The van der Waals surface area contributed by atoms with Crippen LogP contribution in [0.25, 0.3) is 0 Å². The number of unbranched alkanes of at least 4 members (excludes halogenated alkanes) is 3. The predicted octanol–water partition coefficient (Wildman–Crippen LogP) is 6.64. The molecule has 1 N–H and O–H groups in total. The van der Waals surface area contributed by atoms with Crippen LogP contribution in [0.2, 0.25) is 0 Å². The monoisotopic (exact) mass is 592 g/mol. The summed E-state index contributed by atoms with van der Waals surface area (Å²) < 4.78 is 13.0. The van der Waals surface area contributed by atoms with Crippen molar-refractivity contribution in [2.45, 2.75) is 146 Å². The molecule has 7 rings (SSSR count). The molecular formula is C37H56N2O4. The molecule has 2 bridgehead atoms. The van der Waals surface area contributed by atoms with Gasteiger partial charge in [-0.25, -0.2) is 0 Å². The van der Waals surface area contributed by atoms with Crippen LogP contribution in [0.1, 0.15) is 121 Å². The number of hydrogen-bond donors (Lipinski definition) is 1. The third kappa shape index (κ3) is 5.41. The first-order valence-corrected chi connectivity index (χ1v) is 18.1. The van der Waals surface area contributed by atoms with Gasteiger partial charge in [-0.05, 0) is 75.0 Å². The SMILES string of the molecule is CCCCCN(C(=O)CCCCC1CCCCC1)[C@H]1CC[C@H]2[C@H]3Cc4ccc(OC)c5c4[C@@]2(CCN3CC2CC2O)[C@H]1O5. The van der Waals surface area contributed by atoms with E-state index in [1.54, 1.807) is 7.11 Å². The lowest BCUT2D eigenvalue weighted by atomic mass is 9.51. The molecule has 1 aromatic carbocycles. The minimum atomic E-state index is -0.105. The van der Waals surface area contributed by atoms with Crippen molar-refractivity contribution >= 4 is 5.91 Å². The Labute approximate surface area is 259 Å². The number of aliphatic hydroxyl groups excluding tert-OH is 1. The summed E-state index contributed by atoms with van der Waals surface area (Å²) in [4.78, 5) is 19.2. The van der Waals surface area contributed by atoms with Crippen LogP contribution >= 0.6 is 0 Å². The lowest BCUT2D eigenvalue weighted by Gasteiger charge is -2.60. The summed E-state index contributed by atoms with van der Waals surface area (Å²) in [6.45, 7) is 5.19. The van der Waals surface area contributed by atoms with Crippen molar-refractivity contribution in [3.63, 3.8) is 0 Å². The fourth-order valence-electron chi connectivity index (χ4n) is 10.4. The number of nitrogens with zero attached hydrogens (tertiary/aromatic N) is 2. The maximum Gasteiger partial charge on any atom is 0.222 e. The highest BCUT2D eigenvalue weighted by atomic mass is 16.5. The van der Waals surface area contributed by atoms with Crippen LogP contribution in [0.15, 0.2) is 12.1 Å². The molecule has 0 radical (unpaired) electrons. The second-order valence-corrected chi connectivity index (χ2v) is 15.1. The highest BCUT2D eigenvalue weighted by molar-refractivity contribution is 5.77. The van der Waals surface area contributed by atoms with E-state index in [-0.39, 0.29) is 23.7 Å². The van der Waals surface area contributed by atoms with Crippen molar-refractivity contribution in [2.24, 2.45) is 17.8 Å². The average molecular weight is 593 g/mol. The molecule has 43 heavy (non-hydrogen) atoms. The van der Waals surface area contributed by atoms with Gasteiger partial charge in [0, 0.05) is 42.4 Å². The number of piperidine rings is 1. The molecule has 0 aromatic heterocycles. The van der Waals surface area contributed by atoms with Gasteiger partial charge in [0.1, 0.15) is 6.10 Å². The zero-order valence-corrected chi connectivity index (χ0v) is 26.9. The summed E-state index contributed by atoms with van der Waals surface area (Å²) in [5, 5.41) is 10.2. The fraction of sp³-hybridized carbons (Fsp3) is 0.811. The number of methoxy groups -OCH3 is 1. The maximum absolute atomic E-state index is 14.1. The number of rotatable bonds is 13. The smallest absolute Gasteiger partial charge is 0.222 e. The Morgan fingerprint density at radius 1 is 1.12 bits per heavy atom. The summed E-state index contributed by atoms with van der Waals surface area (Å²) in [5.74, 6) is 4.05. The van der Waals surface area contributed by atoms with Crippen LogP contribution in [-0.4, -0.2) is 71.8 Å². The maximum atomic E-state index is 14.1. The molecule has 7 atom stereocenters. The van der Waals surface area contributed by atoms with Gasteiger partial charge in [-0.1, -0.05) is 70.8 Å². The second kappa shape index (κ2) is 12.5. The number of ether oxygens (including phenoxy) is 2. The summed E-state index contributed by atoms with van der Waals surface area (Å²) >= 11 is 0. The van der Waals surface area contributed by atoms with E-state index in [1.165, 1.54) is 68.9 Å². The second-order valence-electron chi connectivity index (χ2n) is 15.1. The van der Waals surface area contributed by atoms with E-state index in [0.29, 0.717) is 30.2 Å². The molecule has 6 heteroatoms. The van der Waals surface area contributed by atoms with Crippen LogP contribution in [0, 0.1) is 17.8 Å². The van der Waals surface area contributed by atoms with Gasteiger partial charge >= 0.3 is 0 Å². The van der Waals surface area contributed by atoms with Gasteiger partial charge in [0.2, 0.25) is 5.91 Å². The Morgan fingerprint density at radius 2 is 1.95 bits per heavy atom. The van der Waals surface area contributed by atoms with Crippen molar-refractivity contribution in [1.29, 1.82) is 0 Å². The first-order valence-electron chi connectivity index (χ1n) is 18.1. The Morgan fingerprint density at radius 3 is 2.72 bits per heavy atom. The van der Waals surface area contributed by atoms with Crippen LogP contribution in [-0.2, 0) is 16.6 Å². The normalized spacial score (nSPS) is 34.4. The number of carbonyl (C=O) groups excluding carboxylic acids is 1. The van der Waals surface area contributed by atoms with Crippen LogP contribution in [0.3, 0.4) is 0 Å². The van der Waals surface area contributed by atoms with E-state index in [2.05, 4.69) is 28.9 Å². The van der Waals surface area contributed by atoms with Gasteiger partial charge in [-0.15, -0.1) is 0 Å². The van der Waals surface area contributed by atoms with E-state index >= 15 is 0 Å². The molecule has 1 amide bonds. The van der Waals surface area contributed by atoms with Gasteiger partial charge in [0.15, 0.2) is 11.5 Å². The molecule has 2 heterocycles. The number of hydrogen-bond acceptors (Lipinski definition) is 5. The minimum absolute atomic E-state index is 0.000538. The molecule has 6 nitrogen and oxygen atoms in total. The molecule has 1 spiro atoms. The first kappa shape index (κ1) is 29.9. The zero-order chi connectivity index (χ0) is 29.6.